The summed E-state index contributed by atoms with van der Waals surface area (Å²) in [5, 5.41) is 4.94. The Hall–Kier alpha value is -4.92. The van der Waals surface area contributed by atoms with Crippen molar-refractivity contribution in [1.29, 1.82) is 0 Å². The van der Waals surface area contributed by atoms with Crippen LogP contribution < -0.4 is 25.0 Å². The van der Waals surface area contributed by atoms with Gasteiger partial charge >= 0.3 is 6.03 Å². The van der Waals surface area contributed by atoms with E-state index in [2.05, 4.69) is 10.6 Å². The van der Waals surface area contributed by atoms with Gasteiger partial charge in [0.05, 0.1) is 12.8 Å². The Balaban J connectivity index is 1.54. The van der Waals surface area contributed by atoms with Gasteiger partial charge in [0.1, 0.15) is 17.1 Å². The highest BCUT2D eigenvalue weighted by molar-refractivity contribution is 6.39. The molecule has 2 N–H and O–H groups in total. The third-order valence-corrected chi connectivity index (χ3v) is 5.31. The first kappa shape index (κ1) is 24.2. The second-order valence-electron chi connectivity index (χ2n) is 7.90. The topological polar surface area (TPSA) is 114 Å². The molecular formula is C27H23N3O6. The van der Waals surface area contributed by atoms with Crippen LogP contribution in [0.4, 0.5) is 16.2 Å². The van der Waals surface area contributed by atoms with Gasteiger partial charge in [0, 0.05) is 11.3 Å². The number of nitrogens with one attached hydrogen (secondary N) is 2. The van der Waals surface area contributed by atoms with Crippen molar-refractivity contribution in [2.75, 3.05) is 23.9 Å². The molecule has 1 aliphatic heterocycles. The fourth-order valence-electron chi connectivity index (χ4n) is 3.57. The lowest BCUT2D eigenvalue weighted by Gasteiger charge is -2.26. The number of aryl methyl sites for hydroxylation is 1. The first-order chi connectivity index (χ1) is 17.4. The molecule has 0 atom stereocenters. The zero-order valence-corrected chi connectivity index (χ0v) is 19.6. The normalized spacial score (nSPS) is 14.4. The van der Waals surface area contributed by atoms with Crippen molar-refractivity contribution in [2.24, 2.45) is 0 Å². The molecule has 9 nitrogen and oxygen atoms in total. The molecule has 0 aliphatic carbocycles. The summed E-state index contributed by atoms with van der Waals surface area (Å²) in [5.74, 6) is -1.15. The van der Waals surface area contributed by atoms with Gasteiger partial charge in [-0.05, 0) is 61.0 Å². The molecule has 9 heteroatoms. The van der Waals surface area contributed by atoms with Gasteiger partial charge in [0.15, 0.2) is 6.61 Å². The zero-order chi connectivity index (χ0) is 25.7. The van der Waals surface area contributed by atoms with Crippen LogP contribution in [0.2, 0.25) is 0 Å². The van der Waals surface area contributed by atoms with Crippen molar-refractivity contribution >= 4 is 41.2 Å². The van der Waals surface area contributed by atoms with Gasteiger partial charge in [-0.15, -0.1) is 0 Å². The molecule has 0 bridgehead atoms. The van der Waals surface area contributed by atoms with Crippen molar-refractivity contribution in [3.05, 3.63) is 89.5 Å². The third kappa shape index (κ3) is 5.41. The van der Waals surface area contributed by atoms with Crippen molar-refractivity contribution in [3.8, 4) is 11.5 Å². The maximum Gasteiger partial charge on any atom is 0.335 e. The highest BCUT2D eigenvalue weighted by atomic mass is 16.5. The summed E-state index contributed by atoms with van der Waals surface area (Å²) in [6, 6.07) is 19.4. The number of ether oxygens (including phenoxy) is 2. The summed E-state index contributed by atoms with van der Waals surface area (Å²) >= 11 is 0. The molecule has 4 rings (SSSR count). The number of methoxy groups -OCH3 is 1. The van der Waals surface area contributed by atoms with Crippen LogP contribution >= 0.6 is 0 Å². The Labute approximate surface area is 207 Å². The fraction of sp³-hybridized carbons (Fsp3) is 0.111. The minimum Gasteiger partial charge on any atom is -0.497 e. The van der Waals surface area contributed by atoms with E-state index in [9.17, 15) is 19.2 Å². The number of urea groups is 1. The average molecular weight is 485 g/mol. The number of hydrogen-bond donors (Lipinski definition) is 2. The van der Waals surface area contributed by atoms with Crippen LogP contribution in [0.25, 0.3) is 6.08 Å². The Morgan fingerprint density at radius 3 is 2.47 bits per heavy atom. The summed E-state index contributed by atoms with van der Waals surface area (Å²) in [5.41, 5.74) is 2.05. The summed E-state index contributed by atoms with van der Waals surface area (Å²) in [4.78, 5) is 51.3. The number of carbonyl (C=O) groups is 4. The van der Waals surface area contributed by atoms with E-state index in [-0.39, 0.29) is 29.5 Å². The molecule has 1 saturated heterocycles. The Kier molecular flexibility index (Phi) is 7.10. The quantitative estimate of drug-likeness (QED) is 0.390. The van der Waals surface area contributed by atoms with E-state index >= 15 is 0 Å². The molecule has 0 spiro atoms. The monoisotopic (exact) mass is 485 g/mol. The molecule has 0 saturated carbocycles. The molecule has 1 aliphatic rings. The second kappa shape index (κ2) is 10.6. The number of benzene rings is 3. The predicted molar refractivity (Wildman–Crippen MR) is 134 cm³/mol. The number of imide groups is 2. The van der Waals surface area contributed by atoms with Crippen molar-refractivity contribution in [2.45, 2.75) is 6.92 Å². The Morgan fingerprint density at radius 2 is 1.75 bits per heavy atom. The smallest absolute Gasteiger partial charge is 0.335 e. The lowest BCUT2D eigenvalue weighted by atomic mass is 10.1. The van der Waals surface area contributed by atoms with E-state index in [0.29, 0.717) is 17.0 Å². The summed E-state index contributed by atoms with van der Waals surface area (Å²) in [7, 11) is 1.50. The number of para-hydroxylation sites is 1. The van der Waals surface area contributed by atoms with E-state index < -0.39 is 17.8 Å². The second-order valence-corrected chi connectivity index (χ2v) is 7.90. The summed E-state index contributed by atoms with van der Waals surface area (Å²) < 4.78 is 10.8. The van der Waals surface area contributed by atoms with Gasteiger partial charge in [-0.2, -0.15) is 0 Å². The molecule has 1 fully saturated rings. The van der Waals surface area contributed by atoms with E-state index in [1.807, 2.05) is 25.1 Å². The van der Waals surface area contributed by atoms with Crippen LogP contribution in [0.5, 0.6) is 11.5 Å². The molecule has 182 valence electrons. The lowest BCUT2D eigenvalue weighted by molar-refractivity contribution is -0.122. The Bertz CT molecular complexity index is 1360. The third-order valence-electron chi connectivity index (χ3n) is 5.31. The molecule has 0 unspecified atom stereocenters. The zero-order valence-electron chi connectivity index (χ0n) is 19.6. The van der Waals surface area contributed by atoms with Gasteiger partial charge in [-0.3, -0.25) is 19.7 Å². The van der Waals surface area contributed by atoms with Crippen LogP contribution in [-0.4, -0.2) is 37.5 Å². The van der Waals surface area contributed by atoms with Gasteiger partial charge < -0.3 is 14.8 Å². The van der Waals surface area contributed by atoms with Crippen LogP contribution in [-0.2, 0) is 14.4 Å². The highest BCUT2D eigenvalue weighted by Gasteiger charge is 2.37. The van der Waals surface area contributed by atoms with Crippen molar-refractivity contribution in [1.82, 2.24) is 5.32 Å². The number of anilines is 2. The van der Waals surface area contributed by atoms with E-state index in [4.69, 9.17) is 9.47 Å². The minimum absolute atomic E-state index is 0.259. The maximum atomic E-state index is 13.2. The number of barbiturate groups is 1. The molecule has 3 aromatic carbocycles. The Morgan fingerprint density at radius 1 is 1.00 bits per heavy atom. The van der Waals surface area contributed by atoms with Crippen LogP contribution in [0.15, 0.2) is 78.4 Å². The van der Waals surface area contributed by atoms with Crippen molar-refractivity contribution < 1.29 is 28.7 Å². The molecule has 0 aromatic heterocycles. The highest BCUT2D eigenvalue weighted by Crippen LogP contribution is 2.26. The van der Waals surface area contributed by atoms with Crippen LogP contribution in [0, 0.1) is 6.92 Å². The van der Waals surface area contributed by atoms with Gasteiger partial charge in [-0.1, -0.05) is 30.3 Å². The lowest BCUT2D eigenvalue weighted by Crippen LogP contribution is -2.54. The number of rotatable bonds is 7. The summed E-state index contributed by atoms with van der Waals surface area (Å²) in [6.45, 7) is 1.63. The van der Waals surface area contributed by atoms with E-state index in [1.165, 1.54) is 25.3 Å². The van der Waals surface area contributed by atoms with Crippen LogP contribution in [0.1, 0.15) is 11.1 Å². The van der Waals surface area contributed by atoms with Gasteiger partial charge in [0.25, 0.3) is 17.7 Å². The minimum atomic E-state index is -0.857. The average Bonchev–Trinajstić information content (AvgIpc) is 2.86. The molecule has 5 amide bonds. The van der Waals surface area contributed by atoms with Crippen LogP contribution in [0.3, 0.4) is 0 Å². The molecule has 1 heterocycles. The first-order valence-corrected chi connectivity index (χ1v) is 11.0. The van der Waals surface area contributed by atoms with Gasteiger partial charge in [0.2, 0.25) is 0 Å². The number of amides is 5. The largest absolute Gasteiger partial charge is 0.497 e. The molecule has 3 aromatic rings. The summed E-state index contributed by atoms with van der Waals surface area (Å²) in [6.07, 6.45) is 1.33. The molecule has 36 heavy (non-hydrogen) atoms. The maximum absolute atomic E-state index is 13.2. The SMILES string of the molecule is COc1ccc(N2C(=O)NC(=O)/C(=C\c3ccccc3OCC(=O)Nc3cccc(C)c3)C2=O)cc1. The standard InChI is InChI=1S/C27H23N3O6/c1-17-6-5-8-19(14-17)28-24(31)16-36-23-9-4-3-7-18(23)15-22-25(32)29-27(34)30(26(22)33)20-10-12-21(35-2)13-11-20/h3-15H,16H2,1-2H3,(H,28,31)(H,29,32,34)/b22-15+. The molecular weight excluding hydrogens is 462 g/mol. The van der Waals surface area contributed by atoms with E-state index in [1.54, 1.807) is 42.5 Å². The molecule has 0 radical (unpaired) electrons. The van der Waals surface area contributed by atoms with E-state index in [0.717, 1.165) is 10.5 Å². The van der Waals surface area contributed by atoms with Crippen molar-refractivity contribution in [3.63, 3.8) is 0 Å². The predicted octanol–water partition coefficient (Wildman–Crippen LogP) is 3.69. The fourth-order valence-corrected chi connectivity index (χ4v) is 3.57. The number of nitrogens with zero attached hydrogens (tertiary/aromatic N) is 1. The first-order valence-electron chi connectivity index (χ1n) is 11.0. The number of hydrogen-bond acceptors (Lipinski definition) is 6. The van der Waals surface area contributed by atoms with Gasteiger partial charge in [-0.25, -0.2) is 9.69 Å². The number of carbonyl (C=O) groups excluding carboxylic acids is 4.